The van der Waals surface area contributed by atoms with Gasteiger partial charge in [0.25, 0.3) is 0 Å². The quantitative estimate of drug-likeness (QED) is 0.841. The summed E-state index contributed by atoms with van der Waals surface area (Å²) in [5, 5.41) is 11.4. The van der Waals surface area contributed by atoms with E-state index in [1.807, 2.05) is 54.3 Å². The van der Waals surface area contributed by atoms with Crippen molar-refractivity contribution in [3.8, 4) is 0 Å². The Morgan fingerprint density at radius 3 is 2.48 bits per heavy atom. The van der Waals surface area contributed by atoms with Crippen LogP contribution in [-0.2, 0) is 9.59 Å². The van der Waals surface area contributed by atoms with Gasteiger partial charge in [-0.1, -0.05) is 36.4 Å². The molecule has 0 bridgehead atoms. The van der Waals surface area contributed by atoms with Gasteiger partial charge in [0.05, 0.1) is 12.2 Å². The number of amides is 1. The molecule has 3 rings (SSSR count). The Labute approximate surface area is 147 Å². The van der Waals surface area contributed by atoms with Crippen LogP contribution in [0.3, 0.4) is 0 Å². The molecule has 1 atom stereocenters. The summed E-state index contributed by atoms with van der Waals surface area (Å²) in [6.07, 6.45) is 1.93. The van der Waals surface area contributed by atoms with Crippen molar-refractivity contribution in [2.75, 3.05) is 18.0 Å². The molecule has 132 valence electrons. The van der Waals surface area contributed by atoms with Gasteiger partial charge < -0.3 is 10.0 Å². The smallest absolute Gasteiger partial charge is 0.320 e. The molecule has 1 fully saturated rings. The van der Waals surface area contributed by atoms with Gasteiger partial charge in [-0.15, -0.1) is 0 Å². The third-order valence-electron chi connectivity index (χ3n) is 4.86. The monoisotopic (exact) mass is 340 g/mol. The van der Waals surface area contributed by atoms with E-state index in [1.165, 1.54) is 0 Å². The number of carboxylic acids is 1. The highest BCUT2D eigenvalue weighted by Gasteiger charge is 2.37. The van der Waals surface area contributed by atoms with Crippen molar-refractivity contribution < 1.29 is 14.7 Å². The maximum atomic E-state index is 13.0. The van der Waals surface area contributed by atoms with Gasteiger partial charge in [-0.25, -0.2) is 0 Å². The molecule has 0 heterocycles. The summed E-state index contributed by atoms with van der Waals surface area (Å²) >= 11 is 0. The Balaban J connectivity index is 1.87. The largest absolute Gasteiger partial charge is 0.480 e. The van der Waals surface area contributed by atoms with Crippen molar-refractivity contribution in [3.63, 3.8) is 0 Å². The minimum absolute atomic E-state index is 0.0566. The van der Waals surface area contributed by atoms with Crippen molar-refractivity contribution in [1.29, 1.82) is 0 Å². The van der Waals surface area contributed by atoms with E-state index < -0.39 is 12.0 Å². The highest BCUT2D eigenvalue weighted by atomic mass is 16.4. The minimum atomic E-state index is -0.882. The lowest BCUT2D eigenvalue weighted by Gasteiger charge is -2.29. The van der Waals surface area contributed by atoms with E-state index in [1.54, 1.807) is 11.8 Å². The summed E-state index contributed by atoms with van der Waals surface area (Å²) in [5.41, 5.74) is 0.879. The molecule has 1 amide bonds. The van der Waals surface area contributed by atoms with Crippen LogP contribution in [0.15, 0.2) is 42.5 Å². The number of rotatable bonds is 7. The van der Waals surface area contributed by atoms with Crippen LogP contribution in [0.4, 0.5) is 5.69 Å². The fraction of sp³-hybridized carbons (Fsp3) is 0.400. The topological polar surface area (TPSA) is 60.9 Å². The lowest BCUT2D eigenvalue weighted by atomic mass is 10.1. The molecule has 1 aliphatic carbocycles. The number of fused-ring (bicyclic) bond motifs is 1. The molecule has 0 saturated heterocycles. The van der Waals surface area contributed by atoms with Crippen molar-refractivity contribution in [2.45, 2.75) is 38.8 Å². The molecule has 0 aliphatic heterocycles. The first-order chi connectivity index (χ1) is 12.0. The second-order valence-electron chi connectivity index (χ2n) is 6.55. The number of carbonyl (C=O) groups is 2. The Bertz CT molecular complexity index is 780. The number of aliphatic carboxylic acids is 1. The average Bonchev–Trinajstić information content (AvgIpc) is 3.45. The third kappa shape index (κ3) is 3.66. The molecule has 5 heteroatoms. The zero-order chi connectivity index (χ0) is 18.0. The number of carboxylic acid groups (broad SMARTS) is 1. The molecule has 1 N–H and O–H groups in total. The highest BCUT2D eigenvalue weighted by Crippen LogP contribution is 2.30. The molecule has 2 aromatic carbocycles. The summed E-state index contributed by atoms with van der Waals surface area (Å²) in [6.45, 7) is 4.28. The molecule has 1 aliphatic rings. The number of benzene rings is 2. The van der Waals surface area contributed by atoms with Gasteiger partial charge in [-0.2, -0.15) is 0 Å². The van der Waals surface area contributed by atoms with E-state index in [0.29, 0.717) is 6.54 Å². The lowest BCUT2D eigenvalue weighted by Crippen LogP contribution is -2.47. The fourth-order valence-electron chi connectivity index (χ4n) is 3.30. The standard InChI is InChI=1S/C20H24N2O3/c1-3-21(18-10-6-8-15-7-4-5-9-17(15)18)19(23)13-22(16-11-12-16)14(2)20(24)25/h4-10,14,16H,3,11-13H2,1-2H3,(H,24,25). The van der Waals surface area contributed by atoms with E-state index in [-0.39, 0.29) is 18.5 Å². The molecule has 1 unspecified atom stereocenters. The molecule has 2 aromatic rings. The molecule has 5 nitrogen and oxygen atoms in total. The Kier molecular flexibility index (Phi) is 5.04. The SMILES string of the molecule is CCN(C(=O)CN(C1CC1)C(C)C(=O)O)c1cccc2ccccc12. The van der Waals surface area contributed by atoms with Crippen molar-refractivity contribution in [3.05, 3.63) is 42.5 Å². The Morgan fingerprint density at radius 1 is 1.16 bits per heavy atom. The number of nitrogens with zero attached hydrogens (tertiary/aromatic N) is 2. The van der Waals surface area contributed by atoms with E-state index in [2.05, 4.69) is 0 Å². The van der Waals surface area contributed by atoms with Crippen LogP contribution >= 0.6 is 0 Å². The van der Waals surface area contributed by atoms with Crippen LogP contribution in [0.1, 0.15) is 26.7 Å². The van der Waals surface area contributed by atoms with Gasteiger partial charge in [0.2, 0.25) is 5.91 Å². The zero-order valence-electron chi connectivity index (χ0n) is 14.7. The Morgan fingerprint density at radius 2 is 1.84 bits per heavy atom. The average molecular weight is 340 g/mol. The maximum Gasteiger partial charge on any atom is 0.320 e. The number of carbonyl (C=O) groups excluding carboxylic acids is 1. The first kappa shape index (κ1) is 17.4. The first-order valence-electron chi connectivity index (χ1n) is 8.79. The molecule has 1 saturated carbocycles. The summed E-state index contributed by atoms with van der Waals surface area (Å²) < 4.78 is 0. The number of anilines is 1. The van der Waals surface area contributed by atoms with Gasteiger partial charge in [-0.05, 0) is 38.1 Å². The summed E-state index contributed by atoms with van der Waals surface area (Å²) in [4.78, 5) is 27.9. The van der Waals surface area contributed by atoms with Crippen LogP contribution in [-0.4, -0.2) is 47.1 Å². The van der Waals surface area contributed by atoms with E-state index in [0.717, 1.165) is 29.3 Å². The summed E-state index contributed by atoms with van der Waals surface area (Å²) in [5.74, 6) is -0.938. The van der Waals surface area contributed by atoms with Crippen molar-refractivity contribution in [1.82, 2.24) is 4.90 Å². The number of hydrogen-bond acceptors (Lipinski definition) is 3. The van der Waals surface area contributed by atoms with E-state index in [4.69, 9.17) is 0 Å². The first-order valence-corrected chi connectivity index (χ1v) is 8.79. The predicted molar refractivity (Wildman–Crippen MR) is 98.8 cm³/mol. The van der Waals surface area contributed by atoms with Crippen LogP contribution in [0.25, 0.3) is 10.8 Å². The second-order valence-corrected chi connectivity index (χ2v) is 6.55. The second kappa shape index (κ2) is 7.23. The van der Waals surface area contributed by atoms with Gasteiger partial charge >= 0.3 is 5.97 Å². The third-order valence-corrected chi connectivity index (χ3v) is 4.86. The molecule has 0 spiro atoms. The van der Waals surface area contributed by atoms with Crippen LogP contribution in [0, 0.1) is 0 Å². The van der Waals surface area contributed by atoms with E-state index in [9.17, 15) is 14.7 Å². The highest BCUT2D eigenvalue weighted by molar-refractivity contribution is 6.04. The van der Waals surface area contributed by atoms with Crippen LogP contribution in [0.5, 0.6) is 0 Å². The van der Waals surface area contributed by atoms with Crippen molar-refractivity contribution in [2.24, 2.45) is 0 Å². The summed E-state index contributed by atoms with van der Waals surface area (Å²) in [7, 11) is 0. The van der Waals surface area contributed by atoms with Gasteiger partial charge in [0.15, 0.2) is 0 Å². The molecule has 0 radical (unpaired) electrons. The molecule has 25 heavy (non-hydrogen) atoms. The number of hydrogen-bond donors (Lipinski definition) is 1. The normalized spacial score (nSPS) is 15.3. The van der Waals surface area contributed by atoms with Gasteiger partial charge in [0.1, 0.15) is 6.04 Å². The molecular weight excluding hydrogens is 316 g/mol. The predicted octanol–water partition coefficient (Wildman–Crippen LogP) is 3.13. The van der Waals surface area contributed by atoms with Gasteiger partial charge in [-0.3, -0.25) is 14.5 Å². The lowest BCUT2D eigenvalue weighted by molar-refractivity contribution is -0.143. The van der Waals surface area contributed by atoms with Crippen molar-refractivity contribution >= 4 is 28.3 Å². The van der Waals surface area contributed by atoms with Crippen LogP contribution in [0.2, 0.25) is 0 Å². The zero-order valence-corrected chi connectivity index (χ0v) is 14.7. The van der Waals surface area contributed by atoms with E-state index >= 15 is 0 Å². The molecular formula is C20H24N2O3. The van der Waals surface area contributed by atoms with Gasteiger partial charge in [0, 0.05) is 18.0 Å². The van der Waals surface area contributed by atoms with Crippen LogP contribution < -0.4 is 4.90 Å². The maximum absolute atomic E-state index is 13.0. The Hall–Kier alpha value is -2.40. The molecule has 0 aromatic heterocycles. The minimum Gasteiger partial charge on any atom is -0.480 e. The fourth-order valence-corrected chi connectivity index (χ4v) is 3.30. The summed E-state index contributed by atoms with van der Waals surface area (Å²) in [6, 6.07) is 13.5. The number of likely N-dealkylation sites (N-methyl/N-ethyl adjacent to an activating group) is 1.